The van der Waals surface area contributed by atoms with Crippen LogP contribution >= 0.6 is 0 Å². The summed E-state index contributed by atoms with van der Waals surface area (Å²) in [6.07, 6.45) is 0.768. The Bertz CT molecular complexity index is 264. The number of hydrogen-bond donors (Lipinski definition) is 1. The van der Waals surface area contributed by atoms with Gasteiger partial charge in [0.25, 0.3) is 4.93 Å². The highest BCUT2D eigenvalue weighted by molar-refractivity contribution is 7.92. The molecule has 0 aromatic rings. The minimum absolute atomic E-state index is 0.0322. The van der Waals surface area contributed by atoms with Gasteiger partial charge in [-0.3, -0.25) is 0 Å². The van der Waals surface area contributed by atoms with E-state index in [-0.39, 0.29) is 6.61 Å². The zero-order valence-electron chi connectivity index (χ0n) is 7.20. The van der Waals surface area contributed by atoms with Crippen LogP contribution in [0.2, 0.25) is 0 Å². The van der Waals surface area contributed by atoms with Gasteiger partial charge in [0, 0.05) is 6.26 Å². The van der Waals surface area contributed by atoms with Gasteiger partial charge < -0.3 is 9.84 Å². The number of carbonyl (C=O) groups excluding carboxylic acids is 1. The van der Waals surface area contributed by atoms with Crippen molar-refractivity contribution in [3.8, 4) is 0 Å². The fourth-order valence-electron chi connectivity index (χ4n) is 0.416. The van der Waals surface area contributed by atoms with Crippen LogP contribution in [-0.4, -0.2) is 37.3 Å². The van der Waals surface area contributed by atoms with Crippen LogP contribution in [0.3, 0.4) is 0 Å². The van der Waals surface area contributed by atoms with Crippen molar-refractivity contribution in [3.05, 3.63) is 0 Å². The normalized spacial score (nSPS) is 16.7. The van der Waals surface area contributed by atoms with E-state index in [0.29, 0.717) is 0 Å². The summed E-state index contributed by atoms with van der Waals surface area (Å²) in [6, 6.07) is 0. The third kappa shape index (κ3) is 2.18. The van der Waals surface area contributed by atoms with Gasteiger partial charge in [-0.25, -0.2) is 13.2 Å². The Morgan fingerprint density at radius 1 is 1.58 bits per heavy atom. The number of ether oxygens (including phenoxy) is 1. The highest BCUT2D eigenvalue weighted by Crippen LogP contribution is 2.13. The topological polar surface area (TPSA) is 80.7 Å². The van der Waals surface area contributed by atoms with Crippen molar-refractivity contribution in [1.29, 1.82) is 0 Å². The van der Waals surface area contributed by atoms with Crippen LogP contribution in [0.4, 0.5) is 0 Å². The van der Waals surface area contributed by atoms with E-state index >= 15 is 0 Å². The van der Waals surface area contributed by atoms with Gasteiger partial charge in [-0.05, 0) is 13.8 Å². The number of aliphatic hydroxyl groups is 1. The summed E-state index contributed by atoms with van der Waals surface area (Å²) in [5.74, 6) is -1.15. The second-order valence-corrected chi connectivity index (χ2v) is 4.81. The van der Waals surface area contributed by atoms with Crippen molar-refractivity contribution in [2.75, 3.05) is 12.9 Å². The second kappa shape index (κ2) is 3.40. The standard InChI is InChI=1S/C6H12O5S/c1-4-11-5(7)6(2,8)12(3,9)10/h8H,4H2,1-3H3. The maximum absolute atomic E-state index is 10.9. The lowest BCUT2D eigenvalue weighted by Crippen LogP contribution is -2.44. The maximum Gasteiger partial charge on any atom is 0.353 e. The molecule has 12 heavy (non-hydrogen) atoms. The molecule has 0 fully saturated rings. The van der Waals surface area contributed by atoms with Crippen LogP contribution in [0, 0.1) is 0 Å². The number of sulfone groups is 1. The Hall–Kier alpha value is -0.620. The zero-order chi connectivity index (χ0) is 9.99. The summed E-state index contributed by atoms with van der Waals surface area (Å²) in [4.78, 5) is 8.42. The fourth-order valence-corrected chi connectivity index (χ4v) is 0.778. The monoisotopic (exact) mass is 196 g/mol. The first-order chi connectivity index (χ1) is 5.23. The van der Waals surface area contributed by atoms with E-state index in [1.807, 2.05) is 0 Å². The molecule has 0 amide bonds. The molecule has 0 heterocycles. The van der Waals surface area contributed by atoms with E-state index in [0.717, 1.165) is 13.2 Å². The maximum atomic E-state index is 10.9. The van der Waals surface area contributed by atoms with Gasteiger partial charge in [0.2, 0.25) is 0 Å². The van der Waals surface area contributed by atoms with E-state index in [1.165, 1.54) is 6.92 Å². The molecule has 0 radical (unpaired) electrons. The molecule has 0 saturated carbocycles. The van der Waals surface area contributed by atoms with Gasteiger partial charge in [0.15, 0.2) is 9.84 Å². The van der Waals surface area contributed by atoms with Gasteiger partial charge in [0.05, 0.1) is 6.61 Å². The van der Waals surface area contributed by atoms with Crippen LogP contribution in [-0.2, 0) is 19.4 Å². The Balaban J connectivity index is 4.75. The van der Waals surface area contributed by atoms with E-state index in [4.69, 9.17) is 0 Å². The Morgan fingerprint density at radius 3 is 2.25 bits per heavy atom. The van der Waals surface area contributed by atoms with Crippen molar-refractivity contribution < 1.29 is 23.1 Å². The number of hydrogen-bond acceptors (Lipinski definition) is 5. The minimum Gasteiger partial charge on any atom is -0.463 e. The molecule has 0 spiro atoms. The molecule has 0 saturated heterocycles. The van der Waals surface area contributed by atoms with Crippen molar-refractivity contribution in [1.82, 2.24) is 0 Å². The average Bonchev–Trinajstić information content (AvgIpc) is 1.85. The predicted octanol–water partition coefficient (Wildman–Crippen LogP) is -0.697. The molecule has 1 N–H and O–H groups in total. The first kappa shape index (κ1) is 11.4. The van der Waals surface area contributed by atoms with Crippen molar-refractivity contribution in [2.45, 2.75) is 18.8 Å². The highest BCUT2D eigenvalue weighted by Gasteiger charge is 2.42. The van der Waals surface area contributed by atoms with Crippen molar-refractivity contribution >= 4 is 15.8 Å². The van der Waals surface area contributed by atoms with Gasteiger partial charge in [-0.1, -0.05) is 0 Å². The smallest absolute Gasteiger partial charge is 0.353 e. The van der Waals surface area contributed by atoms with Crippen molar-refractivity contribution in [2.24, 2.45) is 0 Å². The van der Waals surface area contributed by atoms with E-state index in [1.54, 1.807) is 0 Å². The molecule has 0 rings (SSSR count). The molecule has 0 aliphatic heterocycles. The molecule has 0 aromatic heterocycles. The third-order valence-corrected chi connectivity index (χ3v) is 2.99. The lowest BCUT2D eigenvalue weighted by Gasteiger charge is -2.18. The molecule has 0 aromatic carbocycles. The molecule has 5 nitrogen and oxygen atoms in total. The van der Waals surface area contributed by atoms with Crippen molar-refractivity contribution in [3.63, 3.8) is 0 Å². The highest BCUT2D eigenvalue weighted by atomic mass is 32.2. The molecule has 72 valence electrons. The molecule has 1 unspecified atom stereocenters. The minimum atomic E-state index is -3.84. The molecular formula is C6H12O5S. The summed E-state index contributed by atoms with van der Waals surface area (Å²) < 4.78 is 26.0. The summed E-state index contributed by atoms with van der Waals surface area (Å²) in [6.45, 7) is 2.45. The van der Waals surface area contributed by atoms with Gasteiger partial charge >= 0.3 is 5.97 Å². The Kier molecular flexibility index (Phi) is 3.23. The quantitative estimate of drug-likeness (QED) is 0.604. The summed E-state index contributed by atoms with van der Waals surface area (Å²) in [5, 5.41) is 9.19. The largest absolute Gasteiger partial charge is 0.463 e. The first-order valence-corrected chi connectivity index (χ1v) is 5.21. The summed E-state index contributed by atoms with van der Waals surface area (Å²) in [5.41, 5.74) is 0. The Morgan fingerprint density at radius 2 is 2.00 bits per heavy atom. The lowest BCUT2D eigenvalue weighted by molar-refractivity contribution is -0.155. The van der Waals surface area contributed by atoms with Crippen LogP contribution in [0.25, 0.3) is 0 Å². The van der Waals surface area contributed by atoms with Gasteiger partial charge in [-0.2, -0.15) is 0 Å². The molecular weight excluding hydrogens is 184 g/mol. The molecule has 6 heteroatoms. The number of rotatable bonds is 3. The zero-order valence-corrected chi connectivity index (χ0v) is 8.01. The second-order valence-electron chi connectivity index (χ2n) is 2.48. The number of esters is 1. The van der Waals surface area contributed by atoms with Gasteiger partial charge in [0.1, 0.15) is 0 Å². The average molecular weight is 196 g/mol. The van der Waals surface area contributed by atoms with E-state index in [2.05, 4.69) is 4.74 Å². The third-order valence-electron chi connectivity index (χ3n) is 1.38. The van der Waals surface area contributed by atoms with Crippen LogP contribution in [0.1, 0.15) is 13.8 Å². The predicted molar refractivity (Wildman–Crippen MR) is 42.1 cm³/mol. The molecule has 1 atom stereocenters. The van der Waals surface area contributed by atoms with Gasteiger partial charge in [-0.15, -0.1) is 0 Å². The fraction of sp³-hybridized carbons (Fsp3) is 0.833. The molecule has 0 aliphatic carbocycles. The van der Waals surface area contributed by atoms with Crippen LogP contribution < -0.4 is 0 Å². The summed E-state index contributed by atoms with van der Waals surface area (Å²) >= 11 is 0. The number of carbonyl (C=O) groups is 1. The summed E-state index contributed by atoms with van der Waals surface area (Å²) in [7, 11) is -3.84. The van der Waals surface area contributed by atoms with Crippen LogP contribution in [0.15, 0.2) is 0 Å². The first-order valence-electron chi connectivity index (χ1n) is 3.32. The SMILES string of the molecule is CCOC(=O)C(C)(O)S(C)(=O)=O. The van der Waals surface area contributed by atoms with Crippen LogP contribution in [0.5, 0.6) is 0 Å². The molecule has 0 aliphatic rings. The van der Waals surface area contributed by atoms with E-state index < -0.39 is 20.7 Å². The van der Waals surface area contributed by atoms with E-state index in [9.17, 15) is 18.3 Å². The molecule has 0 bridgehead atoms. The Labute approximate surface area is 71.3 Å². The lowest BCUT2D eigenvalue weighted by atomic mass is 10.4.